The minimum Gasteiger partial charge on any atom is -0.478 e. The number of rotatable bonds is 7. The summed E-state index contributed by atoms with van der Waals surface area (Å²) in [5.74, 6) is -1.09. The fraction of sp³-hybridized carbons (Fsp3) is 0.625. The van der Waals surface area contributed by atoms with Crippen LogP contribution in [0.25, 0.3) is 0 Å². The molecule has 0 aliphatic carbocycles. The molecule has 2 N–H and O–H groups in total. The highest BCUT2D eigenvalue weighted by atomic mass is 16.4. The number of hydrogen-bond acceptors (Lipinski definition) is 2. The second kappa shape index (κ2) is 12.5. The third-order valence-electron chi connectivity index (χ3n) is 2.58. The molecule has 0 atom stereocenters. The SMILES string of the molecule is C/C(=C\CC(C)C)C(=O)O.CCCC/C=C(\C)C(=O)O. The van der Waals surface area contributed by atoms with Crippen LogP contribution in [0.1, 0.15) is 60.3 Å². The maximum Gasteiger partial charge on any atom is 0.330 e. The first kappa shape index (κ1) is 20.7. The Hall–Kier alpha value is -1.58. The summed E-state index contributed by atoms with van der Waals surface area (Å²) in [7, 11) is 0. The van der Waals surface area contributed by atoms with Crippen LogP contribution in [0, 0.1) is 5.92 Å². The third-order valence-corrected chi connectivity index (χ3v) is 2.58. The predicted molar refractivity (Wildman–Crippen MR) is 81.8 cm³/mol. The minimum atomic E-state index is -0.819. The molecule has 0 aromatic heterocycles. The van der Waals surface area contributed by atoms with Crippen molar-refractivity contribution in [3.05, 3.63) is 23.3 Å². The van der Waals surface area contributed by atoms with Gasteiger partial charge in [-0.25, -0.2) is 9.59 Å². The predicted octanol–water partition coefficient (Wildman–Crippen LogP) is 4.27. The van der Waals surface area contributed by atoms with Crippen LogP contribution in [0.15, 0.2) is 23.3 Å². The molecule has 0 aliphatic heterocycles. The molecule has 0 saturated carbocycles. The molecule has 0 heterocycles. The van der Waals surface area contributed by atoms with Gasteiger partial charge in [0.15, 0.2) is 0 Å². The highest BCUT2D eigenvalue weighted by molar-refractivity contribution is 5.86. The van der Waals surface area contributed by atoms with Gasteiger partial charge in [-0.05, 0) is 32.6 Å². The van der Waals surface area contributed by atoms with Gasteiger partial charge in [-0.3, -0.25) is 0 Å². The van der Waals surface area contributed by atoms with E-state index in [1.165, 1.54) is 0 Å². The van der Waals surface area contributed by atoms with Gasteiger partial charge in [-0.2, -0.15) is 0 Å². The van der Waals surface area contributed by atoms with E-state index >= 15 is 0 Å². The molecule has 0 aromatic carbocycles. The molecule has 0 bridgehead atoms. The maximum absolute atomic E-state index is 10.2. The summed E-state index contributed by atoms with van der Waals surface area (Å²) in [5, 5.41) is 16.8. The lowest BCUT2D eigenvalue weighted by Gasteiger charge is -1.97. The molecular formula is C16H28O4. The zero-order valence-electron chi connectivity index (χ0n) is 13.3. The molecule has 0 aliphatic rings. The average molecular weight is 284 g/mol. The van der Waals surface area contributed by atoms with E-state index < -0.39 is 11.9 Å². The zero-order chi connectivity index (χ0) is 16.1. The largest absolute Gasteiger partial charge is 0.478 e. The van der Waals surface area contributed by atoms with Gasteiger partial charge >= 0.3 is 11.9 Å². The van der Waals surface area contributed by atoms with E-state index in [4.69, 9.17) is 10.2 Å². The van der Waals surface area contributed by atoms with Gasteiger partial charge in [-0.1, -0.05) is 45.8 Å². The quantitative estimate of drug-likeness (QED) is 0.540. The molecule has 0 spiro atoms. The van der Waals surface area contributed by atoms with Gasteiger partial charge in [0.1, 0.15) is 0 Å². The standard InChI is InChI=1S/2C8H14O2/c1-6(2)4-5-7(3)8(9)10;1-3-4-5-6-7(2)8(9)10/h5-6H,4H2,1-3H3,(H,9,10);6H,3-5H2,1-2H3,(H,9,10)/b7-5+;7-6+. The molecule has 0 fully saturated rings. The smallest absolute Gasteiger partial charge is 0.330 e. The van der Waals surface area contributed by atoms with Crippen LogP contribution in [0.5, 0.6) is 0 Å². The van der Waals surface area contributed by atoms with Crippen molar-refractivity contribution in [2.45, 2.75) is 60.3 Å². The summed E-state index contributed by atoms with van der Waals surface area (Å²) < 4.78 is 0. The molecule has 0 unspecified atom stereocenters. The van der Waals surface area contributed by atoms with Gasteiger partial charge < -0.3 is 10.2 Å². The summed E-state index contributed by atoms with van der Waals surface area (Å²) in [6, 6.07) is 0. The molecule has 0 saturated heterocycles. The molecule has 0 radical (unpaired) electrons. The van der Waals surface area contributed by atoms with E-state index in [1.807, 2.05) is 0 Å². The molecule has 0 rings (SSSR count). The summed E-state index contributed by atoms with van der Waals surface area (Å²) >= 11 is 0. The normalized spacial score (nSPS) is 11.9. The molecule has 0 amide bonds. The van der Waals surface area contributed by atoms with Crippen molar-refractivity contribution < 1.29 is 19.8 Å². The minimum absolute atomic E-state index is 0.439. The van der Waals surface area contributed by atoms with E-state index in [1.54, 1.807) is 26.0 Å². The first-order valence-corrected chi connectivity index (χ1v) is 7.02. The van der Waals surface area contributed by atoms with Crippen LogP contribution in [-0.2, 0) is 9.59 Å². The van der Waals surface area contributed by atoms with Crippen LogP contribution < -0.4 is 0 Å². The second-order valence-electron chi connectivity index (χ2n) is 5.16. The van der Waals surface area contributed by atoms with Crippen molar-refractivity contribution in [2.24, 2.45) is 5.92 Å². The van der Waals surface area contributed by atoms with E-state index in [0.29, 0.717) is 17.1 Å². The Bertz CT molecular complexity index is 351. The van der Waals surface area contributed by atoms with Crippen molar-refractivity contribution in [2.75, 3.05) is 0 Å². The number of carboxylic acids is 2. The Morgan fingerprint density at radius 3 is 1.80 bits per heavy atom. The van der Waals surface area contributed by atoms with Crippen molar-refractivity contribution in [3.8, 4) is 0 Å². The van der Waals surface area contributed by atoms with Gasteiger partial charge in [0, 0.05) is 11.1 Å². The number of allylic oxidation sites excluding steroid dienone is 2. The number of aliphatic carboxylic acids is 2. The van der Waals surface area contributed by atoms with Crippen LogP contribution >= 0.6 is 0 Å². The Morgan fingerprint density at radius 1 is 1.00 bits per heavy atom. The summed E-state index contributed by atoms with van der Waals surface area (Å²) in [4.78, 5) is 20.5. The van der Waals surface area contributed by atoms with Gasteiger partial charge in [0.2, 0.25) is 0 Å². The maximum atomic E-state index is 10.2. The van der Waals surface area contributed by atoms with Crippen LogP contribution in [0.4, 0.5) is 0 Å². The summed E-state index contributed by atoms with van der Waals surface area (Å²) in [6.45, 7) is 9.45. The Kier molecular flexibility index (Phi) is 12.9. The number of hydrogen-bond donors (Lipinski definition) is 2. The Balaban J connectivity index is 0. The molecular weight excluding hydrogens is 256 g/mol. The van der Waals surface area contributed by atoms with Gasteiger partial charge in [0.05, 0.1) is 0 Å². The van der Waals surface area contributed by atoms with Gasteiger partial charge in [-0.15, -0.1) is 0 Å². The molecule has 4 heteroatoms. The van der Waals surface area contributed by atoms with E-state index in [2.05, 4.69) is 20.8 Å². The monoisotopic (exact) mass is 284 g/mol. The van der Waals surface area contributed by atoms with E-state index in [-0.39, 0.29) is 0 Å². The first-order valence-electron chi connectivity index (χ1n) is 7.02. The molecule has 0 aromatic rings. The fourth-order valence-corrected chi connectivity index (χ4v) is 1.11. The molecule has 20 heavy (non-hydrogen) atoms. The first-order chi connectivity index (χ1) is 9.22. The number of carboxylic acid groups (broad SMARTS) is 2. The lowest BCUT2D eigenvalue weighted by Crippen LogP contribution is -1.96. The lowest BCUT2D eigenvalue weighted by molar-refractivity contribution is -0.133. The van der Waals surface area contributed by atoms with Crippen LogP contribution in [0.3, 0.4) is 0 Å². The summed E-state index contributed by atoms with van der Waals surface area (Å²) in [6.07, 6.45) is 7.44. The second-order valence-corrected chi connectivity index (χ2v) is 5.16. The Labute approximate surface area is 122 Å². The van der Waals surface area contributed by atoms with Crippen molar-refractivity contribution in [1.82, 2.24) is 0 Å². The van der Waals surface area contributed by atoms with Crippen molar-refractivity contribution >= 4 is 11.9 Å². The fourth-order valence-electron chi connectivity index (χ4n) is 1.11. The third kappa shape index (κ3) is 14.5. The average Bonchev–Trinajstić information content (AvgIpc) is 2.36. The molecule has 4 nitrogen and oxygen atoms in total. The topological polar surface area (TPSA) is 74.6 Å². The number of unbranched alkanes of at least 4 members (excludes halogenated alkanes) is 2. The van der Waals surface area contributed by atoms with Crippen molar-refractivity contribution in [3.63, 3.8) is 0 Å². The van der Waals surface area contributed by atoms with Gasteiger partial charge in [0.25, 0.3) is 0 Å². The van der Waals surface area contributed by atoms with Crippen LogP contribution in [0.2, 0.25) is 0 Å². The van der Waals surface area contributed by atoms with Crippen molar-refractivity contribution in [1.29, 1.82) is 0 Å². The highest BCUT2D eigenvalue weighted by Gasteiger charge is 1.98. The zero-order valence-corrected chi connectivity index (χ0v) is 13.3. The summed E-state index contributed by atoms with van der Waals surface area (Å²) in [5.41, 5.74) is 0.891. The molecule has 116 valence electrons. The number of carbonyl (C=O) groups is 2. The Morgan fingerprint density at radius 2 is 1.45 bits per heavy atom. The van der Waals surface area contributed by atoms with E-state index in [9.17, 15) is 9.59 Å². The lowest BCUT2D eigenvalue weighted by atomic mass is 10.1. The highest BCUT2D eigenvalue weighted by Crippen LogP contribution is 2.03. The van der Waals surface area contributed by atoms with Crippen LogP contribution in [-0.4, -0.2) is 22.2 Å². The van der Waals surface area contributed by atoms with E-state index in [0.717, 1.165) is 25.7 Å².